The van der Waals surface area contributed by atoms with Crippen molar-refractivity contribution in [1.82, 2.24) is 4.90 Å². The van der Waals surface area contributed by atoms with Crippen molar-refractivity contribution in [3.8, 4) is 0 Å². The average molecular weight is 361 g/mol. The normalized spacial score (nSPS) is 21.4. The number of carbonyl (C=O) groups excluding carboxylic acids is 1. The van der Waals surface area contributed by atoms with Gasteiger partial charge in [-0.3, -0.25) is 0 Å². The van der Waals surface area contributed by atoms with Gasteiger partial charge in [-0.2, -0.15) is 0 Å². The molecule has 1 aliphatic rings. The van der Waals surface area contributed by atoms with E-state index in [9.17, 15) is 19.1 Å². The molecule has 0 bridgehead atoms. The molecule has 21 heavy (non-hydrogen) atoms. The molecule has 1 saturated heterocycles. The van der Waals surface area contributed by atoms with Crippen molar-refractivity contribution in [2.24, 2.45) is 0 Å². The van der Waals surface area contributed by atoms with E-state index in [4.69, 9.17) is 5.11 Å². The van der Waals surface area contributed by atoms with Crippen LogP contribution in [-0.4, -0.2) is 45.8 Å². The summed E-state index contributed by atoms with van der Waals surface area (Å²) in [6.07, 6.45) is -0.868. The van der Waals surface area contributed by atoms with Crippen LogP contribution in [-0.2, 0) is 4.79 Å². The molecule has 2 unspecified atom stereocenters. The number of amides is 2. The molecule has 1 aromatic rings. The molecule has 114 valence electrons. The van der Waals surface area contributed by atoms with Crippen molar-refractivity contribution in [2.45, 2.75) is 25.5 Å². The molecule has 1 heterocycles. The number of urea groups is 1. The summed E-state index contributed by atoms with van der Waals surface area (Å²) < 4.78 is 13.5. The molecule has 0 spiro atoms. The SMILES string of the molecule is Cc1cc(F)c(Br)cc1NC(=O)N1CC(O)CC1C(=O)O. The number of aliphatic carboxylic acids is 1. The molecule has 1 aliphatic heterocycles. The maximum absolute atomic E-state index is 13.3. The summed E-state index contributed by atoms with van der Waals surface area (Å²) in [5.41, 5.74) is 0.884. The first-order chi connectivity index (χ1) is 9.79. The summed E-state index contributed by atoms with van der Waals surface area (Å²) in [5, 5.41) is 21.1. The van der Waals surface area contributed by atoms with Crippen LogP contribution in [0, 0.1) is 12.7 Å². The van der Waals surface area contributed by atoms with Crippen molar-refractivity contribution in [3.05, 3.63) is 28.0 Å². The van der Waals surface area contributed by atoms with Gasteiger partial charge in [0, 0.05) is 18.7 Å². The number of aliphatic hydroxyl groups is 1. The Morgan fingerprint density at radius 2 is 2.14 bits per heavy atom. The van der Waals surface area contributed by atoms with Crippen molar-refractivity contribution in [3.63, 3.8) is 0 Å². The first-order valence-electron chi connectivity index (χ1n) is 6.23. The van der Waals surface area contributed by atoms with Crippen LogP contribution in [0.15, 0.2) is 16.6 Å². The number of aryl methyl sites for hydroxylation is 1. The van der Waals surface area contributed by atoms with E-state index in [0.29, 0.717) is 11.3 Å². The van der Waals surface area contributed by atoms with Gasteiger partial charge in [0.15, 0.2) is 0 Å². The van der Waals surface area contributed by atoms with Crippen molar-refractivity contribution in [1.29, 1.82) is 0 Å². The first-order valence-corrected chi connectivity index (χ1v) is 7.03. The van der Waals surface area contributed by atoms with Crippen molar-refractivity contribution < 1.29 is 24.2 Å². The second-order valence-electron chi connectivity index (χ2n) is 4.91. The third-order valence-corrected chi connectivity index (χ3v) is 3.94. The molecule has 3 N–H and O–H groups in total. The second kappa shape index (κ2) is 5.98. The van der Waals surface area contributed by atoms with Crippen LogP contribution in [0.25, 0.3) is 0 Å². The Kier molecular flexibility index (Phi) is 4.48. The molecule has 0 aliphatic carbocycles. The van der Waals surface area contributed by atoms with Gasteiger partial charge >= 0.3 is 12.0 Å². The van der Waals surface area contributed by atoms with Crippen LogP contribution in [0.4, 0.5) is 14.9 Å². The summed E-state index contributed by atoms with van der Waals surface area (Å²) in [7, 11) is 0. The highest BCUT2D eigenvalue weighted by Gasteiger charge is 2.39. The highest BCUT2D eigenvalue weighted by molar-refractivity contribution is 9.10. The Labute approximate surface area is 128 Å². The number of rotatable bonds is 2. The Balaban J connectivity index is 2.18. The number of anilines is 1. The average Bonchev–Trinajstić information content (AvgIpc) is 2.78. The minimum atomic E-state index is -1.17. The highest BCUT2D eigenvalue weighted by atomic mass is 79.9. The zero-order valence-electron chi connectivity index (χ0n) is 11.1. The van der Waals surface area contributed by atoms with E-state index >= 15 is 0 Å². The zero-order valence-corrected chi connectivity index (χ0v) is 12.7. The van der Waals surface area contributed by atoms with E-state index in [1.807, 2.05) is 0 Å². The number of carboxylic acids is 1. The van der Waals surface area contributed by atoms with Crippen LogP contribution in [0.2, 0.25) is 0 Å². The number of carboxylic acid groups (broad SMARTS) is 1. The molecule has 0 aromatic heterocycles. The molecule has 8 heteroatoms. The quantitative estimate of drug-likeness (QED) is 0.751. The van der Waals surface area contributed by atoms with E-state index in [1.54, 1.807) is 6.92 Å². The van der Waals surface area contributed by atoms with Gasteiger partial charge in [-0.15, -0.1) is 0 Å². The number of nitrogens with one attached hydrogen (secondary N) is 1. The van der Waals surface area contributed by atoms with Gasteiger partial charge in [0.2, 0.25) is 0 Å². The van der Waals surface area contributed by atoms with Crippen LogP contribution in [0.1, 0.15) is 12.0 Å². The van der Waals surface area contributed by atoms with E-state index in [2.05, 4.69) is 21.2 Å². The lowest BCUT2D eigenvalue weighted by atomic mass is 10.2. The number of carbonyl (C=O) groups is 2. The molecule has 1 aromatic carbocycles. The van der Waals surface area contributed by atoms with Crippen molar-refractivity contribution in [2.75, 3.05) is 11.9 Å². The Bertz CT molecular complexity index is 596. The lowest BCUT2D eigenvalue weighted by molar-refractivity contribution is -0.141. The molecule has 2 rings (SSSR count). The van der Waals surface area contributed by atoms with Crippen molar-refractivity contribution >= 4 is 33.6 Å². The van der Waals surface area contributed by atoms with Gasteiger partial charge in [-0.05, 0) is 40.5 Å². The third-order valence-electron chi connectivity index (χ3n) is 3.33. The Hall–Kier alpha value is -1.67. The topological polar surface area (TPSA) is 89.9 Å². The molecule has 0 saturated carbocycles. The minimum absolute atomic E-state index is 0.00511. The lowest BCUT2D eigenvalue weighted by Crippen LogP contribution is -2.43. The van der Waals surface area contributed by atoms with Gasteiger partial charge in [0.1, 0.15) is 11.9 Å². The number of nitrogens with zero attached hydrogens (tertiary/aromatic N) is 1. The second-order valence-corrected chi connectivity index (χ2v) is 5.76. The van der Waals surface area contributed by atoms with Crippen LogP contribution < -0.4 is 5.32 Å². The largest absolute Gasteiger partial charge is 0.480 e. The number of β-amino-alcohol motifs (C(OH)–C–C–N with tert-alkyl or cyclic N) is 1. The molecule has 2 amide bonds. The number of likely N-dealkylation sites (tertiary alicyclic amines) is 1. The van der Waals surface area contributed by atoms with E-state index in [-0.39, 0.29) is 17.4 Å². The summed E-state index contributed by atoms with van der Waals surface area (Å²) in [4.78, 5) is 24.3. The van der Waals surface area contributed by atoms with Gasteiger partial charge in [0.25, 0.3) is 0 Å². The molecular weight excluding hydrogens is 347 g/mol. The summed E-state index contributed by atoms with van der Waals surface area (Å²) in [6.45, 7) is 1.57. The molecule has 1 fully saturated rings. The number of benzene rings is 1. The predicted octanol–water partition coefficient (Wildman–Crippen LogP) is 1.95. The van der Waals surface area contributed by atoms with Crippen LogP contribution in [0.3, 0.4) is 0 Å². The van der Waals surface area contributed by atoms with Gasteiger partial charge in [-0.1, -0.05) is 0 Å². The molecular formula is C13H14BrFN2O4. The van der Waals surface area contributed by atoms with E-state index in [0.717, 1.165) is 4.90 Å². The number of hydrogen-bond acceptors (Lipinski definition) is 3. The number of hydrogen-bond donors (Lipinski definition) is 3. The van der Waals surface area contributed by atoms with Crippen LogP contribution >= 0.6 is 15.9 Å². The maximum atomic E-state index is 13.3. The summed E-state index contributed by atoms with van der Waals surface area (Å²) in [5.74, 6) is -1.62. The van der Waals surface area contributed by atoms with E-state index in [1.165, 1.54) is 12.1 Å². The summed E-state index contributed by atoms with van der Waals surface area (Å²) in [6, 6.07) is 0.961. The third kappa shape index (κ3) is 3.33. The predicted molar refractivity (Wildman–Crippen MR) is 76.6 cm³/mol. The van der Waals surface area contributed by atoms with Gasteiger partial charge in [-0.25, -0.2) is 14.0 Å². The monoisotopic (exact) mass is 360 g/mol. The maximum Gasteiger partial charge on any atom is 0.326 e. The summed E-state index contributed by atoms with van der Waals surface area (Å²) >= 11 is 3.02. The fourth-order valence-corrected chi connectivity index (χ4v) is 2.58. The molecule has 2 atom stereocenters. The highest BCUT2D eigenvalue weighted by Crippen LogP contribution is 2.26. The van der Waals surface area contributed by atoms with E-state index < -0.39 is 30.0 Å². The Morgan fingerprint density at radius 3 is 2.76 bits per heavy atom. The Morgan fingerprint density at radius 1 is 1.48 bits per heavy atom. The fraction of sp³-hybridized carbons (Fsp3) is 0.385. The number of aliphatic hydroxyl groups excluding tert-OH is 1. The zero-order chi connectivity index (χ0) is 15.7. The van der Waals surface area contributed by atoms with Gasteiger partial charge < -0.3 is 20.4 Å². The lowest BCUT2D eigenvalue weighted by Gasteiger charge is -2.22. The fourth-order valence-electron chi connectivity index (χ4n) is 2.24. The van der Waals surface area contributed by atoms with Crippen LogP contribution in [0.5, 0.6) is 0 Å². The van der Waals surface area contributed by atoms with Gasteiger partial charge in [0.05, 0.1) is 10.6 Å². The molecule has 0 radical (unpaired) electrons. The minimum Gasteiger partial charge on any atom is -0.480 e. The molecule has 6 nitrogen and oxygen atoms in total. The number of halogens is 2. The standard InChI is InChI=1S/C13H14BrFN2O4/c1-6-2-9(15)8(14)4-10(6)16-13(21)17-5-7(18)3-11(17)12(19)20/h2,4,7,11,18H,3,5H2,1H3,(H,16,21)(H,19,20). The smallest absolute Gasteiger partial charge is 0.326 e. The first kappa shape index (κ1) is 15.7.